The van der Waals surface area contributed by atoms with E-state index in [2.05, 4.69) is 25.1 Å². The molecule has 0 atom stereocenters. The summed E-state index contributed by atoms with van der Waals surface area (Å²) < 4.78 is 0. The second-order valence-corrected chi connectivity index (χ2v) is 5.67. The Balaban J connectivity index is 1.68. The zero-order chi connectivity index (χ0) is 14.8. The molecule has 108 valence electrons. The van der Waals surface area contributed by atoms with E-state index in [4.69, 9.17) is 5.73 Å². The van der Waals surface area contributed by atoms with Gasteiger partial charge in [0.25, 0.3) is 0 Å². The highest BCUT2D eigenvalue weighted by Crippen LogP contribution is 2.30. The Morgan fingerprint density at radius 3 is 2.90 bits per heavy atom. The molecule has 0 radical (unpaired) electrons. The second-order valence-electron chi connectivity index (χ2n) is 5.67. The van der Waals surface area contributed by atoms with Gasteiger partial charge in [0.1, 0.15) is 0 Å². The van der Waals surface area contributed by atoms with Crippen LogP contribution in [-0.4, -0.2) is 12.5 Å². The first kappa shape index (κ1) is 13.7. The highest BCUT2D eigenvalue weighted by molar-refractivity contribution is 5.95. The molecule has 3 rings (SSSR count). The molecule has 0 saturated carbocycles. The van der Waals surface area contributed by atoms with Gasteiger partial charge in [-0.3, -0.25) is 4.79 Å². The van der Waals surface area contributed by atoms with Crippen molar-refractivity contribution in [2.24, 2.45) is 0 Å². The van der Waals surface area contributed by atoms with Crippen LogP contribution in [0.4, 0.5) is 11.4 Å². The molecule has 0 bridgehead atoms. The van der Waals surface area contributed by atoms with Gasteiger partial charge in [-0.1, -0.05) is 29.8 Å². The summed E-state index contributed by atoms with van der Waals surface area (Å²) in [7, 11) is 0. The maximum atomic E-state index is 12.4. The Morgan fingerprint density at radius 2 is 2.10 bits per heavy atom. The van der Waals surface area contributed by atoms with Gasteiger partial charge in [0, 0.05) is 24.3 Å². The van der Waals surface area contributed by atoms with E-state index in [1.165, 1.54) is 16.7 Å². The molecule has 3 nitrogen and oxygen atoms in total. The average molecular weight is 280 g/mol. The van der Waals surface area contributed by atoms with Gasteiger partial charge in [-0.25, -0.2) is 0 Å². The van der Waals surface area contributed by atoms with Crippen LogP contribution in [0.25, 0.3) is 0 Å². The molecule has 0 saturated heterocycles. The highest BCUT2D eigenvalue weighted by Gasteiger charge is 2.24. The summed E-state index contributed by atoms with van der Waals surface area (Å²) >= 11 is 0. The van der Waals surface area contributed by atoms with Crippen LogP contribution >= 0.6 is 0 Å². The number of nitrogen functional groups attached to an aromatic ring is 1. The predicted octanol–water partition coefficient (Wildman–Crippen LogP) is 3.10. The number of hydrogen-bond acceptors (Lipinski definition) is 2. The molecule has 21 heavy (non-hydrogen) atoms. The quantitative estimate of drug-likeness (QED) is 0.878. The standard InChI is InChI=1S/C18H20N2O/c1-13-3-2-4-14(11-13)5-8-18(21)20-10-9-15-12-16(19)6-7-17(15)20/h2-4,6-7,11-12H,5,8-10,19H2,1H3. The van der Waals surface area contributed by atoms with Crippen molar-refractivity contribution in [2.45, 2.75) is 26.2 Å². The minimum atomic E-state index is 0.194. The Morgan fingerprint density at radius 1 is 1.24 bits per heavy atom. The molecule has 3 heteroatoms. The molecule has 0 aliphatic carbocycles. The highest BCUT2D eigenvalue weighted by atomic mass is 16.2. The minimum Gasteiger partial charge on any atom is -0.399 e. The van der Waals surface area contributed by atoms with Gasteiger partial charge in [0.15, 0.2) is 0 Å². The summed E-state index contributed by atoms with van der Waals surface area (Å²) in [4.78, 5) is 14.3. The third-order valence-corrected chi connectivity index (χ3v) is 4.01. The normalized spacial score (nSPS) is 13.3. The Hall–Kier alpha value is -2.29. The molecular formula is C18H20N2O. The third-order valence-electron chi connectivity index (χ3n) is 4.01. The summed E-state index contributed by atoms with van der Waals surface area (Å²) in [5.41, 5.74) is 11.2. The molecule has 1 aliphatic rings. The largest absolute Gasteiger partial charge is 0.399 e. The fourth-order valence-corrected chi connectivity index (χ4v) is 2.93. The first-order valence-corrected chi connectivity index (χ1v) is 7.38. The molecule has 2 aromatic rings. The van der Waals surface area contributed by atoms with Gasteiger partial charge >= 0.3 is 0 Å². The number of nitrogens with zero attached hydrogens (tertiary/aromatic N) is 1. The molecule has 0 aromatic heterocycles. The summed E-state index contributed by atoms with van der Waals surface area (Å²) in [5.74, 6) is 0.194. The maximum absolute atomic E-state index is 12.4. The number of hydrogen-bond donors (Lipinski definition) is 1. The number of benzene rings is 2. The lowest BCUT2D eigenvalue weighted by molar-refractivity contribution is -0.118. The lowest BCUT2D eigenvalue weighted by Gasteiger charge is -2.17. The molecule has 2 N–H and O–H groups in total. The van der Waals surface area contributed by atoms with Crippen molar-refractivity contribution in [3.63, 3.8) is 0 Å². The number of rotatable bonds is 3. The summed E-state index contributed by atoms with van der Waals surface area (Å²) in [5, 5.41) is 0. The van der Waals surface area contributed by atoms with Crippen LogP contribution in [-0.2, 0) is 17.6 Å². The summed E-state index contributed by atoms with van der Waals surface area (Å²) in [6, 6.07) is 14.1. The second kappa shape index (κ2) is 5.60. The molecule has 0 unspecified atom stereocenters. The van der Waals surface area contributed by atoms with Gasteiger partial charge < -0.3 is 10.6 Å². The average Bonchev–Trinajstić information content (AvgIpc) is 2.88. The van der Waals surface area contributed by atoms with Crippen LogP contribution in [0.3, 0.4) is 0 Å². The maximum Gasteiger partial charge on any atom is 0.227 e. The molecular weight excluding hydrogens is 260 g/mol. The minimum absolute atomic E-state index is 0.194. The fraction of sp³-hybridized carbons (Fsp3) is 0.278. The van der Waals surface area contributed by atoms with Crippen molar-refractivity contribution in [1.82, 2.24) is 0 Å². The zero-order valence-corrected chi connectivity index (χ0v) is 12.3. The van der Waals surface area contributed by atoms with Gasteiger partial charge in [0.05, 0.1) is 0 Å². The third kappa shape index (κ3) is 2.92. The van der Waals surface area contributed by atoms with Crippen molar-refractivity contribution in [1.29, 1.82) is 0 Å². The Kier molecular flexibility index (Phi) is 3.65. The SMILES string of the molecule is Cc1cccc(CCC(=O)N2CCc3cc(N)ccc32)c1. The lowest BCUT2D eigenvalue weighted by Crippen LogP contribution is -2.29. The number of amides is 1. The van der Waals surface area contributed by atoms with E-state index >= 15 is 0 Å². The molecule has 0 spiro atoms. The number of nitrogens with two attached hydrogens (primary N) is 1. The van der Waals surface area contributed by atoms with Gasteiger partial charge in [-0.2, -0.15) is 0 Å². The van der Waals surface area contributed by atoms with Gasteiger partial charge in [-0.05, 0) is 49.1 Å². The van der Waals surface area contributed by atoms with Crippen LogP contribution in [0.1, 0.15) is 23.1 Å². The van der Waals surface area contributed by atoms with Gasteiger partial charge in [0.2, 0.25) is 5.91 Å². The number of carbonyl (C=O) groups is 1. The molecule has 1 aliphatic heterocycles. The van der Waals surface area contributed by atoms with E-state index in [0.29, 0.717) is 6.42 Å². The van der Waals surface area contributed by atoms with Crippen LogP contribution < -0.4 is 10.6 Å². The first-order valence-electron chi connectivity index (χ1n) is 7.38. The molecule has 2 aromatic carbocycles. The van der Waals surface area contributed by atoms with E-state index in [9.17, 15) is 4.79 Å². The van der Waals surface area contributed by atoms with E-state index in [1.54, 1.807) is 0 Å². The van der Waals surface area contributed by atoms with Crippen LogP contribution in [0.2, 0.25) is 0 Å². The van der Waals surface area contributed by atoms with Crippen molar-refractivity contribution in [2.75, 3.05) is 17.2 Å². The fourth-order valence-electron chi connectivity index (χ4n) is 2.93. The summed E-state index contributed by atoms with van der Waals surface area (Å²) in [6.07, 6.45) is 2.24. The van der Waals surface area contributed by atoms with E-state index in [-0.39, 0.29) is 5.91 Å². The molecule has 1 heterocycles. The Bertz CT molecular complexity index is 679. The first-order chi connectivity index (χ1) is 10.1. The predicted molar refractivity (Wildman–Crippen MR) is 86.4 cm³/mol. The number of fused-ring (bicyclic) bond motifs is 1. The van der Waals surface area contributed by atoms with Crippen LogP contribution in [0.15, 0.2) is 42.5 Å². The Labute approximate surface area is 125 Å². The van der Waals surface area contributed by atoms with Crippen molar-refractivity contribution < 1.29 is 4.79 Å². The van der Waals surface area contributed by atoms with E-state index < -0.39 is 0 Å². The molecule has 0 fully saturated rings. The lowest BCUT2D eigenvalue weighted by atomic mass is 10.1. The topological polar surface area (TPSA) is 46.3 Å². The van der Waals surface area contributed by atoms with Crippen LogP contribution in [0, 0.1) is 6.92 Å². The van der Waals surface area contributed by atoms with Crippen molar-refractivity contribution >= 4 is 17.3 Å². The smallest absolute Gasteiger partial charge is 0.227 e. The number of aryl methyl sites for hydroxylation is 2. The van der Waals surface area contributed by atoms with E-state index in [1.807, 2.05) is 29.2 Å². The number of carbonyl (C=O) groups excluding carboxylic acids is 1. The van der Waals surface area contributed by atoms with Gasteiger partial charge in [-0.15, -0.1) is 0 Å². The van der Waals surface area contributed by atoms with Crippen molar-refractivity contribution in [3.8, 4) is 0 Å². The number of anilines is 2. The van der Waals surface area contributed by atoms with Crippen molar-refractivity contribution in [3.05, 3.63) is 59.2 Å². The zero-order valence-electron chi connectivity index (χ0n) is 12.3. The van der Waals surface area contributed by atoms with E-state index in [0.717, 1.165) is 30.8 Å². The summed E-state index contributed by atoms with van der Waals surface area (Å²) in [6.45, 7) is 2.85. The molecule has 1 amide bonds. The van der Waals surface area contributed by atoms with Crippen LogP contribution in [0.5, 0.6) is 0 Å². The monoisotopic (exact) mass is 280 g/mol.